The molecule has 1 saturated carbocycles. The first-order valence-electron chi connectivity index (χ1n) is 5.43. The molecule has 1 aromatic rings. The first-order valence-corrected chi connectivity index (χ1v) is 5.43. The Balaban J connectivity index is 2.26. The van der Waals surface area contributed by atoms with Gasteiger partial charge in [0, 0.05) is 6.04 Å². The Morgan fingerprint density at radius 1 is 1.29 bits per heavy atom. The number of nitrogens with two attached hydrogens (primary N) is 1. The molecular weight excluding hydrogens is 170 g/mol. The topological polar surface area (TPSA) is 26.0 Å². The van der Waals surface area contributed by atoms with E-state index in [-0.39, 0.29) is 0 Å². The van der Waals surface area contributed by atoms with Crippen LogP contribution >= 0.6 is 0 Å². The first-order chi connectivity index (χ1) is 6.61. The van der Waals surface area contributed by atoms with Gasteiger partial charge in [0.05, 0.1) is 0 Å². The van der Waals surface area contributed by atoms with Gasteiger partial charge in [0.1, 0.15) is 0 Å². The van der Waals surface area contributed by atoms with Crippen molar-refractivity contribution in [3.05, 3.63) is 34.9 Å². The average Bonchev–Trinajstić information content (AvgIpc) is 2.83. The van der Waals surface area contributed by atoms with Crippen LogP contribution in [-0.2, 0) is 0 Å². The van der Waals surface area contributed by atoms with Crippen molar-refractivity contribution < 1.29 is 0 Å². The number of rotatable bonds is 2. The molecule has 1 fully saturated rings. The Kier molecular flexibility index (Phi) is 2.36. The molecule has 2 rings (SSSR count). The standard InChI is InChI=1S/C13H19N/c1-8-5-4-6-9(2)13(8)12-7-11(12)10(3)14/h4-6,10-12H,7,14H2,1-3H3. The maximum Gasteiger partial charge on any atom is 0.00448 e. The fourth-order valence-corrected chi connectivity index (χ4v) is 2.54. The van der Waals surface area contributed by atoms with Gasteiger partial charge < -0.3 is 5.73 Å². The summed E-state index contributed by atoms with van der Waals surface area (Å²) >= 11 is 0. The van der Waals surface area contributed by atoms with Gasteiger partial charge in [-0.2, -0.15) is 0 Å². The van der Waals surface area contributed by atoms with E-state index in [1.165, 1.54) is 17.5 Å². The minimum absolute atomic E-state index is 0.346. The van der Waals surface area contributed by atoms with E-state index in [0.29, 0.717) is 6.04 Å². The van der Waals surface area contributed by atoms with Gasteiger partial charge in [0.2, 0.25) is 0 Å². The van der Waals surface area contributed by atoms with Crippen LogP contribution in [0.2, 0.25) is 0 Å². The van der Waals surface area contributed by atoms with Crippen molar-refractivity contribution in [1.82, 2.24) is 0 Å². The van der Waals surface area contributed by atoms with E-state index in [2.05, 4.69) is 39.0 Å². The van der Waals surface area contributed by atoms with Crippen molar-refractivity contribution in [3.8, 4) is 0 Å². The van der Waals surface area contributed by atoms with Gasteiger partial charge >= 0.3 is 0 Å². The molecule has 1 aliphatic carbocycles. The van der Waals surface area contributed by atoms with Gasteiger partial charge in [-0.1, -0.05) is 18.2 Å². The van der Waals surface area contributed by atoms with Crippen molar-refractivity contribution in [1.29, 1.82) is 0 Å². The van der Waals surface area contributed by atoms with Gasteiger partial charge in [-0.05, 0) is 55.7 Å². The second-order valence-electron chi connectivity index (χ2n) is 4.67. The summed E-state index contributed by atoms with van der Waals surface area (Å²) in [6.45, 7) is 6.54. The molecule has 0 bridgehead atoms. The molecule has 2 N–H and O–H groups in total. The summed E-state index contributed by atoms with van der Waals surface area (Å²) in [5.74, 6) is 1.45. The molecule has 0 radical (unpaired) electrons. The molecule has 0 saturated heterocycles. The maximum absolute atomic E-state index is 5.93. The number of benzene rings is 1. The normalized spacial score (nSPS) is 27.4. The molecule has 0 spiro atoms. The minimum atomic E-state index is 0.346. The van der Waals surface area contributed by atoms with Gasteiger partial charge in [-0.25, -0.2) is 0 Å². The second-order valence-corrected chi connectivity index (χ2v) is 4.67. The molecule has 1 nitrogen and oxygen atoms in total. The Morgan fingerprint density at radius 3 is 2.29 bits per heavy atom. The highest BCUT2D eigenvalue weighted by Gasteiger charge is 2.41. The molecule has 1 aliphatic rings. The summed E-state index contributed by atoms with van der Waals surface area (Å²) in [6, 6.07) is 6.90. The molecule has 0 amide bonds. The van der Waals surface area contributed by atoms with Crippen LogP contribution in [0.25, 0.3) is 0 Å². The van der Waals surface area contributed by atoms with E-state index in [1.54, 1.807) is 5.56 Å². The number of hydrogen-bond donors (Lipinski definition) is 1. The maximum atomic E-state index is 5.93. The Labute approximate surface area is 86.3 Å². The molecule has 0 aliphatic heterocycles. The van der Waals surface area contributed by atoms with Gasteiger partial charge in [-0.15, -0.1) is 0 Å². The number of hydrogen-bond acceptors (Lipinski definition) is 1. The summed E-state index contributed by atoms with van der Waals surface area (Å²) in [6.07, 6.45) is 1.28. The van der Waals surface area contributed by atoms with E-state index in [1.807, 2.05) is 0 Å². The zero-order chi connectivity index (χ0) is 10.3. The highest BCUT2D eigenvalue weighted by atomic mass is 14.7. The van der Waals surface area contributed by atoms with Crippen molar-refractivity contribution in [2.24, 2.45) is 11.7 Å². The predicted molar refractivity (Wildman–Crippen MR) is 60.4 cm³/mol. The third-order valence-corrected chi connectivity index (χ3v) is 3.43. The summed E-state index contributed by atoms with van der Waals surface area (Å²) < 4.78 is 0. The largest absolute Gasteiger partial charge is 0.328 e. The molecule has 1 heteroatoms. The highest BCUT2D eigenvalue weighted by molar-refractivity contribution is 5.40. The van der Waals surface area contributed by atoms with Gasteiger partial charge in [0.15, 0.2) is 0 Å². The van der Waals surface area contributed by atoms with Crippen LogP contribution < -0.4 is 5.73 Å². The summed E-state index contributed by atoms with van der Waals surface area (Å²) in [4.78, 5) is 0. The minimum Gasteiger partial charge on any atom is -0.328 e. The van der Waals surface area contributed by atoms with Crippen molar-refractivity contribution >= 4 is 0 Å². The summed E-state index contributed by atoms with van der Waals surface area (Å²) in [5, 5.41) is 0. The lowest BCUT2D eigenvalue weighted by atomic mass is 9.97. The SMILES string of the molecule is Cc1cccc(C)c1C1CC1C(C)N. The fraction of sp³-hybridized carbons (Fsp3) is 0.538. The third kappa shape index (κ3) is 1.57. The molecule has 0 heterocycles. The second kappa shape index (κ2) is 3.39. The monoisotopic (exact) mass is 189 g/mol. The van der Waals surface area contributed by atoms with Crippen LogP contribution in [0.1, 0.15) is 36.0 Å². The molecule has 14 heavy (non-hydrogen) atoms. The Hall–Kier alpha value is -0.820. The molecular formula is C13H19N. The van der Waals surface area contributed by atoms with Crippen molar-refractivity contribution in [2.75, 3.05) is 0 Å². The lowest BCUT2D eigenvalue weighted by molar-refractivity contribution is 0.630. The van der Waals surface area contributed by atoms with Crippen LogP contribution in [0.5, 0.6) is 0 Å². The average molecular weight is 189 g/mol. The molecule has 1 aromatic carbocycles. The molecule has 3 unspecified atom stereocenters. The Bertz CT molecular complexity index is 321. The summed E-state index contributed by atoms with van der Waals surface area (Å²) in [7, 11) is 0. The molecule has 0 aromatic heterocycles. The van der Waals surface area contributed by atoms with Crippen LogP contribution in [0.15, 0.2) is 18.2 Å². The lowest BCUT2D eigenvalue weighted by Crippen LogP contribution is -2.18. The van der Waals surface area contributed by atoms with Gasteiger partial charge in [0.25, 0.3) is 0 Å². The zero-order valence-electron chi connectivity index (χ0n) is 9.25. The van der Waals surface area contributed by atoms with Crippen LogP contribution in [0, 0.1) is 19.8 Å². The third-order valence-electron chi connectivity index (χ3n) is 3.43. The molecule has 76 valence electrons. The fourth-order valence-electron chi connectivity index (χ4n) is 2.54. The zero-order valence-corrected chi connectivity index (χ0v) is 9.25. The quantitative estimate of drug-likeness (QED) is 0.760. The molecule has 3 atom stereocenters. The smallest absolute Gasteiger partial charge is 0.00448 e. The van der Waals surface area contributed by atoms with Crippen LogP contribution in [-0.4, -0.2) is 6.04 Å². The van der Waals surface area contributed by atoms with E-state index in [9.17, 15) is 0 Å². The Morgan fingerprint density at radius 2 is 1.86 bits per heavy atom. The predicted octanol–water partition coefficient (Wildman–Crippen LogP) is 2.75. The van der Waals surface area contributed by atoms with E-state index >= 15 is 0 Å². The van der Waals surface area contributed by atoms with Crippen molar-refractivity contribution in [2.45, 2.75) is 39.2 Å². The van der Waals surface area contributed by atoms with Crippen LogP contribution in [0.3, 0.4) is 0 Å². The first kappa shape index (κ1) is 9.72. The van der Waals surface area contributed by atoms with Gasteiger partial charge in [-0.3, -0.25) is 0 Å². The number of aryl methyl sites for hydroxylation is 2. The highest BCUT2D eigenvalue weighted by Crippen LogP contribution is 2.50. The van der Waals surface area contributed by atoms with E-state index in [4.69, 9.17) is 5.73 Å². The van der Waals surface area contributed by atoms with Crippen molar-refractivity contribution in [3.63, 3.8) is 0 Å². The lowest BCUT2D eigenvalue weighted by Gasteiger charge is -2.10. The van der Waals surface area contributed by atoms with Crippen LogP contribution in [0.4, 0.5) is 0 Å². The van der Waals surface area contributed by atoms with E-state index in [0.717, 1.165) is 11.8 Å². The summed E-state index contributed by atoms with van der Waals surface area (Å²) in [5.41, 5.74) is 10.3. The van der Waals surface area contributed by atoms with E-state index < -0.39 is 0 Å².